The minimum atomic E-state index is -0.951. The lowest BCUT2D eigenvalue weighted by molar-refractivity contribution is 0.0696. The molecule has 0 amide bonds. The summed E-state index contributed by atoms with van der Waals surface area (Å²) in [6.45, 7) is 1.93. The molecule has 0 bridgehead atoms. The summed E-state index contributed by atoms with van der Waals surface area (Å²) in [4.78, 5) is 10.8. The Bertz CT molecular complexity index is 616. The van der Waals surface area contributed by atoms with Crippen molar-refractivity contribution in [3.63, 3.8) is 0 Å². The fourth-order valence-corrected chi connectivity index (χ4v) is 2.29. The Labute approximate surface area is 131 Å². The van der Waals surface area contributed by atoms with Crippen molar-refractivity contribution in [2.45, 2.75) is 6.54 Å². The van der Waals surface area contributed by atoms with Gasteiger partial charge in [-0.15, -0.1) is 0 Å². The molecule has 5 heteroatoms. The molecule has 0 radical (unpaired) electrons. The second-order valence-corrected chi connectivity index (χ2v) is 5.40. The van der Waals surface area contributed by atoms with E-state index >= 15 is 0 Å². The summed E-state index contributed by atoms with van der Waals surface area (Å²) in [5, 5.41) is 12.2. The monoisotopic (exact) mass is 349 g/mol. The zero-order chi connectivity index (χ0) is 15.1. The number of hydrogen-bond acceptors (Lipinski definition) is 3. The molecule has 2 N–H and O–H groups in total. The van der Waals surface area contributed by atoms with E-state index in [1.54, 1.807) is 18.2 Å². The summed E-state index contributed by atoms with van der Waals surface area (Å²) >= 11 is 3.43. The molecule has 0 saturated heterocycles. The highest BCUT2D eigenvalue weighted by atomic mass is 79.9. The maximum atomic E-state index is 10.8. The first-order chi connectivity index (χ1) is 10.1. The average molecular weight is 350 g/mol. The fraction of sp³-hybridized carbons (Fsp3) is 0.188. The molecular formula is C16H16BrNO3. The van der Waals surface area contributed by atoms with Crippen molar-refractivity contribution in [3.05, 3.63) is 64.1 Å². The second-order valence-electron chi connectivity index (χ2n) is 4.49. The molecular weight excluding hydrogens is 334 g/mol. The number of carboxylic acid groups (broad SMARTS) is 1. The summed E-state index contributed by atoms with van der Waals surface area (Å²) in [5.41, 5.74) is 1.42. The molecule has 21 heavy (non-hydrogen) atoms. The van der Waals surface area contributed by atoms with Gasteiger partial charge in [-0.1, -0.05) is 34.1 Å². The molecule has 0 aliphatic rings. The van der Waals surface area contributed by atoms with Gasteiger partial charge >= 0.3 is 5.97 Å². The molecule has 0 unspecified atom stereocenters. The highest BCUT2D eigenvalue weighted by molar-refractivity contribution is 9.10. The average Bonchev–Trinajstić information content (AvgIpc) is 2.47. The molecule has 0 fully saturated rings. The molecule has 0 aromatic heterocycles. The van der Waals surface area contributed by atoms with Gasteiger partial charge in [0.25, 0.3) is 0 Å². The molecule has 2 aromatic carbocycles. The van der Waals surface area contributed by atoms with Crippen LogP contribution >= 0.6 is 15.9 Å². The molecule has 110 valence electrons. The molecule has 2 rings (SSSR count). The minimum absolute atomic E-state index is 0.231. The molecule has 0 aliphatic heterocycles. The van der Waals surface area contributed by atoms with Crippen LogP contribution in [0.1, 0.15) is 15.9 Å². The first-order valence-electron chi connectivity index (χ1n) is 6.56. The maximum absolute atomic E-state index is 10.8. The number of rotatable bonds is 7. The van der Waals surface area contributed by atoms with Gasteiger partial charge in [-0.3, -0.25) is 0 Å². The lowest BCUT2D eigenvalue weighted by atomic mass is 10.2. The van der Waals surface area contributed by atoms with Crippen LogP contribution in [0.3, 0.4) is 0 Å². The van der Waals surface area contributed by atoms with Gasteiger partial charge in [-0.05, 0) is 35.9 Å². The van der Waals surface area contributed by atoms with Gasteiger partial charge in [0.1, 0.15) is 12.4 Å². The van der Waals surface area contributed by atoms with Gasteiger partial charge in [0, 0.05) is 17.6 Å². The maximum Gasteiger partial charge on any atom is 0.335 e. The van der Waals surface area contributed by atoms with Gasteiger partial charge in [0.05, 0.1) is 5.56 Å². The standard InChI is InChI=1S/C16H16BrNO3/c17-14-5-1-3-12(9-14)11-18-7-8-21-15-6-2-4-13(10-15)16(19)20/h1-6,9-10,18H,7-8,11H2,(H,19,20). The Morgan fingerprint density at radius 1 is 1.19 bits per heavy atom. The molecule has 2 aromatic rings. The van der Waals surface area contributed by atoms with E-state index in [1.165, 1.54) is 11.6 Å². The molecule has 0 saturated carbocycles. The van der Waals surface area contributed by atoms with Crippen LogP contribution in [0.2, 0.25) is 0 Å². The smallest absolute Gasteiger partial charge is 0.335 e. The van der Waals surface area contributed by atoms with Gasteiger partial charge in [-0.25, -0.2) is 4.79 Å². The number of benzene rings is 2. The Hall–Kier alpha value is -1.85. The zero-order valence-corrected chi connectivity index (χ0v) is 13.0. The highest BCUT2D eigenvalue weighted by Crippen LogP contribution is 2.13. The SMILES string of the molecule is O=C(O)c1cccc(OCCNCc2cccc(Br)c2)c1. The Morgan fingerprint density at radius 2 is 2.00 bits per heavy atom. The Balaban J connectivity index is 1.72. The lowest BCUT2D eigenvalue weighted by Gasteiger charge is -2.08. The van der Waals surface area contributed by atoms with Crippen molar-refractivity contribution >= 4 is 21.9 Å². The van der Waals surface area contributed by atoms with Gasteiger partial charge < -0.3 is 15.2 Å². The Kier molecular flexibility index (Phi) is 5.78. The van der Waals surface area contributed by atoms with Crippen molar-refractivity contribution in [2.75, 3.05) is 13.2 Å². The summed E-state index contributed by atoms with van der Waals surface area (Å²) in [6.07, 6.45) is 0. The Morgan fingerprint density at radius 3 is 2.76 bits per heavy atom. The summed E-state index contributed by atoms with van der Waals surface area (Å²) in [5.74, 6) is -0.382. The second kappa shape index (κ2) is 7.81. The van der Waals surface area contributed by atoms with Crippen LogP contribution in [0, 0.1) is 0 Å². The normalized spacial score (nSPS) is 10.3. The van der Waals surface area contributed by atoms with Gasteiger partial charge in [0.2, 0.25) is 0 Å². The van der Waals surface area contributed by atoms with Crippen molar-refractivity contribution in [1.29, 1.82) is 0 Å². The predicted molar refractivity (Wildman–Crippen MR) is 84.7 cm³/mol. The van der Waals surface area contributed by atoms with Crippen LogP contribution < -0.4 is 10.1 Å². The molecule has 0 atom stereocenters. The van der Waals surface area contributed by atoms with E-state index in [-0.39, 0.29) is 5.56 Å². The van der Waals surface area contributed by atoms with E-state index in [4.69, 9.17) is 9.84 Å². The lowest BCUT2D eigenvalue weighted by Crippen LogP contribution is -2.20. The van der Waals surface area contributed by atoms with E-state index in [2.05, 4.69) is 33.4 Å². The summed E-state index contributed by atoms with van der Waals surface area (Å²) in [7, 11) is 0. The van der Waals surface area contributed by atoms with Crippen molar-refractivity contribution < 1.29 is 14.6 Å². The topological polar surface area (TPSA) is 58.6 Å². The summed E-state index contributed by atoms with van der Waals surface area (Å²) < 4.78 is 6.58. The molecule has 0 aliphatic carbocycles. The van der Waals surface area contributed by atoms with Gasteiger partial charge in [-0.2, -0.15) is 0 Å². The first kappa shape index (κ1) is 15.5. The van der Waals surface area contributed by atoms with Crippen LogP contribution in [0.4, 0.5) is 0 Å². The van der Waals surface area contributed by atoms with Crippen LogP contribution in [0.5, 0.6) is 5.75 Å². The van der Waals surface area contributed by atoms with Crippen molar-refractivity contribution in [2.24, 2.45) is 0 Å². The van der Waals surface area contributed by atoms with E-state index in [0.717, 1.165) is 11.0 Å². The van der Waals surface area contributed by atoms with Gasteiger partial charge in [0.15, 0.2) is 0 Å². The van der Waals surface area contributed by atoms with Crippen molar-refractivity contribution in [1.82, 2.24) is 5.32 Å². The molecule has 0 spiro atoms. The number of nitrogens with one attached hydrogen (secondary N) is 1. The van der Waals surface area contributed by atoms with Crippen LogP contribution in [-0.2, 0) is 6.54 Å². The third-order valence-corrected chi connectivity index (χ3v) is 3.34. The number of carboxylic acids is 1. The number of aromatic carboxylic acids is 1. The number of carbonyl (C=O) groups is 1. The van der Waals surface area contributed by atoms with E-state index < -0.39 is 5.97 Å². The predicted octanol–water partition coefficient (Wildman–Crippen LogP) is 3.32. The number of halogens is 1. The zero-order valence-electron chi connectivity index (χ0n) is 11.4. The molecule has 0 heterocycles. The van der Waals surface area contributed by atoms with Crippen LogP contribution in [0.25, 0.3) is 0 Å². The largest absolute Gasteiger partial charge is 0.492 e. The highest BCUT2D eigenvalue weighted by Gasteiger charge is 2.03. The quantitative estimate of drug-likeness (QED) is 0.753. The minimum Gasteiger partial charge on any atom is -0.492 e. The van der Waals surface area contributed by atoms with Crippen LogP contribution in [0.15, 0.2) is 53.0 Å². The van der Waals surface area contributed by atoms with E-state index in [0.29, 0.717) is 18.9 Å². The third kappa shape index (κ3) is 5.21. The molecule has 4 nitrogen and oxygen atoms in total. The van der Waals surface area contributed by atoms with E-state index in [1.807, 2.05) is 12.1 Å². The van der Waals surface area contributed by atoms with Crippen LogP contribution in [-0.4, -0.2) is 24.2 Å². The van der Waals surface area contributed by atoms with E-state index in [9.17, 15) is 4.79 Å². The number of ether oxygens (including phenoxy) is 1. The first-order valence-corrected chi connectivity index (χ1v) is 7.36. The number of hydrogen-bond donors (Lipinski definition) is 2. The van der Waals surface area contributed by atoms with Crippen molar-refractivity contribution in [3.8, 4) is 5.75 Å². The summed E-state index contributed by atoms with van der Waals surface area (Å²) in [6, 6.07) is 14.6. The third-order valence-electron chi connectivity index (χ3n) is 2.85. The fourth-order valence-electron chi connectivity index (χ4n) is 1.84.